The number of halogens is 3. The summed E-state index contributed by atoms with van der Waals surface area (Å²) < 4.78 is 65.5. The Hall–Kier alpha value is -2.39. The Morgan fingerprint density at radius 1 is 1.03 bits per heavy atom. The molecule has 1 amide bonds. The van der Waals surface area contributed by atoms with Crippen LogP contribution >= 0.6 is 0 Å². The highest BCUT2D eigenvalue weighted by Gasteiger charge is 2.36. The van der Waals surface area contributed by atoms with Gasteiger partial charge in [0.05, 0.1) is 10.5 Å². The molecule has 2 rings (SSSR count). The van der Waals surface area contributed by atoms with Gasteiger partial charge in [-0.15, -0.1) is 0 Å². The highest BCUT2D eigenvalue weighted by Crippen LogP contribution is 2.33. The van der Waals surface area contributed by atoms with Crippen LogP contribution < -0.4 is 10.0 Å². The monoisotopic (exact) mass is 428 g/mol. The summed E-state index contributed by atoms with van der Waals surface area (Å²) in [6.45, 7) is 1.54. The maximum absolute atomic E-state index is 13.0. The van der Waals surface area contributed by atoms with Gasteiger partial charge in [-0.3, -0.25) is 4.79 Å². The zero-order chi connectivity index (χ0) is 21.5. The molecular formula is C20H23F3N2O3S. The van der Waals surface area contributed by atoms with E-state index in [9.17, 15) is 26.4 Å². The minimum atomic E-state index is -4.79. The van der Waals surface area contributed by atoms with Crippen molar-refractivity contribution in [2.24, 2.45) is 0 Å². The lowest BCUT2D eigenvalue weighted by molar-refractivity contribution is -0.139. The van der Waals surface area contributed by atoms with Crippen LogP contribution in [-0.2, 0) is 27.4 Å². The van der Waals surface area contributed by atoms with Gasteiger partial charge in [0.2, 0.25) is 15.9 Å². The van der Waals surface area contributed by atoms with Crippen molar-refractivity contribution in [1.29, 1.82) is 0 Å². The molecule has 2 aromatic carbocycles. The number of hydrogen-bond donors (Lipinski definition) is 2. The number of carbonyl (C=O) groups excluding carboxylic acids is 1. The highest BCUT2D eigenvalue weighted by atomic mass is 32.2. The SMILES string of the molecule is C[C@H](CCc1ccccc1)NC(=O)CCNS(=O)(=O)c1ccccc1C(F)(F)F. The summed E-state index contributed by atoms with van der Waals surface area (Å²) in [4.78, 5) is 11.1. The molecule has 0 radical (unpaired) electrons. The summed E-state index contributed by atoms with van der Waals surface area (Å²) in [5.74, 6) is -0.377. The van der Waals surface area contributed by atoms with Crippen molar-refractivity contribution in [3.05, 3.63) is 65.7 Å². The molecule has 2 N–H and O–H groups in total. The third kappa shape index (κ3) is 7.17. The molecule has 0 aliphatic heterocycles. The van der Waals surface area contributed by atoms with Gasteiger partial charge in [-0.05, 0) is 37.5 Å². The van der Waals surface area contributed by atoms with Crippen LogP contribution in [0.25, 0.3) is 0 Å². The van der Waals surface area contributed by atoms with E-state index in [0.29, 0.717) is 12.5 Å². The Morgan fingerprint density at radius 2 is 1.66 bits per heavy atom. The van der Waals surface area contributed by atoms with Gasteiger partial charge in [0.25, 0.3) is 0 Å². The van der Waals surface area contributed by atoms with Crippen molar-refractivity contribution in [2.75, 3.05) is 6.54 Å². The second-order valence-electron chi connectivity index (χ2n) is 6.63. The quantitative estimate of drug-likeness (QED) is 0.642. The fraction of sp³-hybridized carbons (Fsp3) is 0.350. The van der Waals surface area contributed by atoms with Crippen LogP contribution in [-0.4, -0.2) is 26.9 Å². The maximum atomic E-state index is 13.0. The predicted octanol–water partition coefficient (Wildman–Crippen LogP) is 3.51. The van der Waals surface area contributed by atoms with Crippen LogP contribution in [0.3, 0.4) is 0 Å². The van der Waals surface area contributed by atoms with E-state index in [4.69, 9.17) is 0 Å². The average Bonchev–Trinajstić information content (AvgIpc) is 2.66. The summed E-state index contributed by atoms with van der Waals surface area (Å²) in [7, 11) is -4.39. The first kappa shape index (κ1) is 22.9. The van der Waals surface area contributed by atoms with Gasteiger partial charge in [-0.1, -0.05) is 42.5 Å². The molecule has 9 heteroatoms. The van der Waals surface area contributed by atoms with Crippen LogP contribution in [0, 0.1) is 0 Å². The van der Waals surface area contributed by atoms with Gasteiger partial charge in [0, 0.05) is 19.0 Å². The van der Waals surface area contributed by atoms with E-state index in [1.165, 1.54) is 6.07 Å². The van der Waals surface area contributed by atoms with Crippen LogP contribution in [0.4, 0.5) is 13.2 Å². The molecule has 29 heavy (non-hydrogen) atoms. The van der Waals surface area contributed by atoms with Gasteiger partial charge >= 0.3 is 6.18 Å². The maximum Gasteiger partial charge on any atom is 0.417 e. The lowest BCUT2D eigenvalue weighted by atomic mass is 10.1. The van der Waals surface area contributed by atoms with E-state index in [1.807, 2.05) is 37.3 Å². The normalized spacial score (nSPS) is 13.1. The standard InChI is InChI=1S/C20H23F3N2O3S/c1-15(11-12-16-7-3-2-4-8-16)25-19(26)13-14-24-29(27,28)18-10-6-5-9-17(18)20(21,22)23/h2-10,15,24H,11-14H2,1H3,(H,25,26)/t15-/m1/s1. The number of nitrogens with one attached hydrogen (secondary N) is 2. The van der Waals surface area contributed by atoms with Gasteiger partial charge in [0.1, 0.15) is 0 Å². The molecule has 0 aromatic heterocycles. The molecule has 0 heterocycles. The van der Waals surface area contributed by atoms with E-state index in [2.05, 4.69) is 10.0 Å². The summed E-state index contributed by atoms with van der Waals surface area (Å²) in [6.07, 6.45) is -3.48. The second kappa shape index (κ2) is 9.89. The van der Waals surface area contributed by atoms with Crippen LogP contribution in [0.1, 0.15) is 30.9 Å². The number of hydrogen-bond acceptors (Lipinski definition) is 3. The lowest BCUT2D eigenvalue weighted by Crippen LogP contribution is -2.36. The second-order valence-corrected chi connectivity index (χ2v) is 8.37. The van der Waals surface area contributed by atoms with Crippen molar-refractivity contribution in [1.82, 2.24) is 10.0 Å². The number of sulfonamides is 1. The zero-order valence-electron chi connectivity index (χ0n) is 15.9. The molecule has 0 bridgehead atoms. The van der Waals surface area contributed by atoms with Crippen molar-refractivity contribution >= 4 is 15.9 Å². The fourth-order valence-corrected chi connectivity index (χ4v) is 4.02. The van der Waals surface area contributed by atoms with E-state index in [0.717, 1.165) is 24.1 Å². The minimum Gasteiger partial charge on any atom is -0.354 e. The molecule has 0 saturated heterocycles. The van der Waals surface area contributed by atoms with Gasteiger partial charge in [0.15, 0.2) is 0 Å². The molecule has 158 valence electrons. The zero-order valence-corrected chi connectivity index (χ0v) is 16.7. The first-order chi connectivity index (χ1) is 13.6. The van der Waals surface area contributed by atoms with Crippen molar-refractivity contribution < 1.29 is 26.4 Å². The van der Waals surface area contributed by atoms with E-state index < -0.39 is 26.7 Å². The molecule has 0 aliphatic rings. The molecule has 1 atom stereocenters. The molecule has 0 spiro atoms. The fourth-order valence-electron chi connectivity index (χ4n) is 2.76. The Labute approximate surface area is 168 Å². The summed E-state index contributed by atoms with van der Waals surface area (Å²) in [6, 6.07) is 13.6. The largest absolute Gasteiger partial charge is 0.417 e. The number of rotatable bonds is 9. The lowest BCUT2D eigenvalue weighted by Gasteiger charge is -2.15. The molecule has 0 unspecified atom stereocenters. The first-order valence-corrected chi connectivity index (χ1v) is 10.6. The predicted molar refractivity (Wildman–Crippen MR) is 104 cm³/mol. The molecule has 5 nitrogen and oxygen atoms in total. The third-order valence-corrected chi connectivity index (χ3v) is 5.76. The van der Waals surface area contributed by atoms with E-state index >= 15 is 0 Å². The van der Waals surface area contributed by atoms with Crippen LogP contribution in [0.5, 0.6) is 0 Å². The third-order valence-electron chi connectivity index (χ3n) is 4.24. The van der Waals surface area contributed by atoms with Crippen LogP contribution in [0.15, 0.2) is 59.5 Å². The number of amides is 1. The first-order valence-electron chi connectivity index (χ1n) is 9.09. The smallest absolute Gasteiger partial charge is 0.354 e. The molecule has 0 aliphatic carbocycles. The van der Waals surface area contributed by atoms with Crippen molar-refractivity contribution in [2.45, 2.75) is 43.3 Å². The number of alkyl halides is 3. The van der Waals surface area contributed by atoms with Crippen molar-refractivity contribution in [3.63, 3.8) is 0 Å². The minimum absolute atomic E-state index is 0.120. The van der Waals surface area contributed by atoms with E-state index in [-0.39, 0.29) is 24.9 Å². The summed E-state index contributed by atoms with van der Waals surface area (Å²) >= 11 is 0. The molecular weight excluding hydrogens is 405 g/mol. The van der Waals surface area contributed by atoms with Crippen molar-refractivity contribution in [3.8, 4) is 0 Å². The Morgan fingerprint density at radius 3 is 2.31 bits per heavy atom. The van der Waals surface area contributed by atoms with Gasteiger partial charge in [-0.2, -0.15) is 13.2 Å². The topological polar surface area (TPSA) is 75.3 Å². The Kier molecular flexibility index (Phi) is 7.80. The van der Waals surface area contributed by atoms with Gasteiger partial charge in [-0.25, -0.2) is 13.1 Å². The summed E-state index contributed by atoms with van der Waals surface area (Å²) in [5.41, 5.74) is -0.101. The molecule has 0 saturated carbocycles. The average molecular weight is 428 g/mol. The Bertz CT molecular complexity index is 916. The summed E-state index contributed by atoms with van der Waals surface area (Å²) in [5, 5.41) is 2.76. The number of aryl methyl sites for hydroxylation is 1. The van der Waals surface area contributed by atoms with Gasteiger partial charge < -0.3 is 5.32 Å². The highest BCUT2D eigenvalue weighted by molar-refractivity contribution is 7.89. The number of carbonyl (C=O) groups is 1. The van der Waals surface area contributed by atoms with Crippen LogP contribution in [0.2, 0.25) is 0 Å². The molecule has 0 fully saturated rings. The molecule has 2 aromatic rings. The Balaban J connectivity index is 1.83. The number of benzene rings is 2. The van der Waals surface area contributed by atoms with E-state index in [1.54, 1.807) is 0 Å².